The molecule has 0 fully saturated rings. The molecule has 1 aromatic heterocycles. The van der Waals surface area contributed by atoms with Crippen molar-refractivity contribution < 1.29 is 19.0 Å². The number of hydrogen-bond acceptors (Lipinski definition) is 8. The average Bonchev–Trinajstić information content (AvgIpc) is 3.18. The van der Waals surface area contributed by atoms with Crippen LogP contribution in [0.2, 0.25) is 0 Å². The summed E-state index contributed by atoms with van der Waals surface area (Å²) in [5.74, 6) is 0.749. The number of allylic oxidation sites excluding steroid dienone is 1. The van der Waals surface area contributed by atoms with Crippen LogP contribution < -0.4 is 29.3 Å². The number of thiazole rings is 1. The Balaban J connectivity index is 1.90. The van der Waals surface area contributed by atoms with Gasteiger partial charge in [0.05, 0.1) is 42.2 Å². The van der Waals surface area contributed by atoms with Gasteiger partial charge in [-0.15, -0.1) is 0 Å². The average molecular weight is 522 g/mol. The Labute approximate surface area is 219 Å². The Kier molecular flexibility index (Phi) is 7.83. The van der Waals surface area contributed by atoms with Crippen LogP contribution in [0.15, 0.2) is 63.5 Å². The maximum atomic E-state index is 13.8. The van der Waals surface area contributed by atoms with Crippen LogP contribution in [0.1, 0.15) is 37.9 Å². The second-order valence-electron chi connectivity index (χ2n) is 8.63. The highest BCUT2D eigenvalue weighted by Gasteiger charge is 2.33. The van der Waals surface area contributed by atoms with Gasteiger partial charge in [0.1, 0.15) is 0 Å². The van der Waals surface area contributed by atoms with Crippen LogP contribution >= 0.6 is 11.3 Å². The minimum Gasteiger partial charge on any atom is -0.493 e. The highest BCUT2D eigenvalue weighted by Crippen LogP contribution is 2.32. The molecule has 194 valence electrons. The summed E-state index contributed by atoms with van der Waals surface area (Å²) >= 11 is 1.28. The minimum absolute atomic E-state index is 0.228. The molecule has 1 atom stereocenters. The SMILES string of the molecule is CCOC(=O)C1=C(C)N=c2s/c(=C\c3ccc(OC)c(OCC)c3)c(=O)n2[C@H]1c1ccc(N(C)C)cc1. The summed E-state index contributed by atoms with van der Waals surface area (Å²) in [6.45, 7) is 6.16. The summed E-state index contributed by atoms with van der Waals surface area (Å²) in [6, 6.07) is 12.7. The molecule has 0 N–H and O–H groups in total. The van der Waals surface area contributed by atoms with Gasteiger partial charge in [-0.2, -0.15) is 0 Å². The van der Waals surface area contributed by atoms with Crippen LogP contribution in [0.3, 0.4) is 0 Å². The van der Waals surface area contributed by atoms with Gasteiger partial charge < -0.3 is 19.1 Å². The molecule has 1 aliphatic rings. The lowest BCUT2D eigenvalue weighted by Gasteiger charge is -2.25. The molecule has 0 amide bonds. The largest absolute Gasteiger partial charge is 0.493 e. The first-order valence-corrected chi connectivity index (χ1v) is 12.9. The maximum Gasteiger partial charge on any atom is 0.338 e. The van der Waals surface area contributed by atoms with Crippen LogP contribution in [-0.4, -0.2) is 45.0 Å². The first kappa shape index (κ1) is 26.2. The normalized spacial score (nSPS) is 15.2. The van der Waals surface area contributed by atoms with Gasteiger partial charge in [-0.3, -0.25) is 9.36 Å². The Bertz CT molecular complexity index is 1520. The molecule has 3 aromatic rings. The number of nitrogens with zero attached hydrogens (tertiary/aromatic N) is 3. The van der Waals surface area contributed by atoms with Crippen LogP contribution in [0.5, 0.6) is 11.5 Å². The van der Waals surface area contributed by atoms with Crippen molar-refractivity contribution >= 4 is 29.1 Å². The highest BCUT2D eigenvalue weighted by molar-refractivity contribution is 7.07. The highest BCUT2D eigenvalue weighted by atomic mass is 32.1. The van der Waals surface area contributed by atoms with Crippen molar-refractivity contribution in [2.24, 2.45) is 4.99 Å². The Morgan fingerprint density at radius 3 is 2.46 bits per heavy atom. The molecule has 0 aliphatic carbocycles. The first-order chi connectivity index (χ1) is 17.8. The van der Waals surface area contributed by atoms with Crippen LogP contribution in [0.4, 0.5) is 5.69 Å². The van der Waals surface area contributed by atoms with E-state index >= 15 is 0 Å². The standard InChI is InChI=1S/C28H31N3O5S/c1-7-35-22-15-18(9-14-21(22)34-6)16-23-26(32)31-25(19-10-12-20(13-11-19)30(4)5)24(27(33)36-8-2)17(3)29-28(31)37-23/h9-16,25H,7-8H2,1-6H3/b23-16-/t25-/m0/s1. The van der Waals surface area contributed by atoms with Crippen molar-refractivity contribution in [1.29, 1.82) is 0 Å². The number of esters is 1. The van der Waals surface area contributed by atoms with E-state index in [0.29, 0.717) is 38.7 Å². The minimum atomic E-state index is -0.650. The number of rotatable bonds is 8. The predicted molar refractivity (Wildman–Crippen MR) is 145 cm³/mol. The zero-order chi connectivity index (χ0) is 26.7. The van der Waals surface area contributed by atoms with E-state index in [1.165, 1.54) is 11.3 Å². The third-order valence-electron chi connectivity index (χ3n) is 6.03. The molecule has 0 saturated heterocycles. The van der Waals surface area contributed by atoms with Gasteiger partial charge >= 0.3 is 5.97 Å². The van der Waals surface area contributed by atoms with Gasteiger partial charge in [-0.25, -0.2) is 9.79 Å². The second kappa shape index (κ2) is 11.0. The zero-order valence-corrected chi connectivity index (χ0v) is 22.7. The second-order valence-corrected chi connectivity index (χ2v) is 9.64. The lowest BCUT2D eigenvalue weighted by molar-refractivity contribution is -0.139. The van der Waals surface area contributed by atoms with Gasteiger partial charge in [-0.1, -0.05) is 29.5 Å². The lowest BCUT2D eigenvalue weighted by atomic mass is 9.95. The summed E-state index contributed by atoms with van der Waals surface area (Å²) in [5, 5.41) is 0. The van der Waals surface area contributed by atoms with E-state index in [1.807, 2.05) is 68.4 Å². The van der Waals surface area contributed by atoms with Crippen LogP contribution in [0, 0.1) is 0 Å². The van der Waals surface area contributed by atoms with Crippen molar-refractivity contribution in [3.8, 4) is 11.5 Å². The monoisotopic (exact) mass is 521 g/mol. The molecule has 8 nitrogen and oxygen atoms in total. The molecular weight excluding hydrogens is 490 g/mol. The van der Waals surface area contributed by atoms with Gasteiger partial charge in [0.2, 0.25) is 0 Å². The smallest absolute Gasteiger partial charge is 0.338 e. The number of ether oxygens (including phenoxy) is 3. The fourth-order valence-electron chi connectivity index (χ4n) is 4.26. The lowest BCUT2D eigenvalue weighted by Crippen LogP contribution is -2.39. The number of hydrogen-bond donors (Lipinski definition) is 0. The van der Waals surface area contributed by atoms with E-state index in [9.17, 15) is 9.59 Å². The van der Waals surface area contributed by atoms with E-state index in [2.05, 4.69) is 4.99 Å². The Hall–Kier alpha value is -3.85. The number of anilines is 1. The zero-order valence-electron chi connectivity index (χ0n) is 21.9. The predicted octanol–water partition coefficient (Wildman–Crippen LogP) is 3.27. The molecule has 37 heavy (non-hydrogen) atoms. The number of methoxy groups -OCH3 is 1. The van der Waals surface area contributed by atoms with Crippen LogP contribution in [0.25, 0.3) is 6.08 Å². The third kappa shape index (κ3) is 5.17. The number of fused-ring (bicyclic) bond motifs is 1. The van der Waals surface area contributed by atoms with E-state index in [1.54, 1.807) is 31.6 Å². The molecule has 2 heterocycles. The van der Waals surface area contributed by atoms with Crippen molar-refractivity contribution in [3.05, 3.63) is 84.5 Å². The molecule has 0 radical (unpaired) electrons. The summed E-state index contributed by atoms with van der Waals surface area (Å²) in [5.41, 5.74) is 3.28. The fraction of sp³-hybridized carbons (Fsp3) is 0.321. The molecular formula is C28H31N3O5S. The molecule has 1 aliphatic heterocycles. The molecule has 0 unspecified atom stereocenters. The topological polar surface area (TPSA) is 82.4 Å². The van der Waals surface area contributed by atoms with E-state index in [0.717, 1.165) is 16.8 Å². The van der Waals surface area contributed by atoms with E-state index in [-0.39, 0.29) is 12.2 Å². The third-order valence-corrected chi connectivity index (χ3v) is 7.01. The quantitative estimate of drug-likeness (QED) is 0.423. The number of carbonyl (C=O) groups is 1. The van der Waals surface area contributed by atoms with Crippen molar-refractivity contribution in [3.63, 3.8) is 0 Å². The molecule has 0 spiro atoms. The molecule has 4 rings (SSSR count). The fourth-order valence-corrected chi connectivity index (χ4v) is 5.31. The number of benzene rings is 2. The summed E-state index contributed by atoms with van der Waals surface area (Å²) in [6.07, 6.45) is 1.81. The Morgan fingerprint density at radius 1 is 1.11 bits per heavy atom. The maximum absolute atomic E-state index is 13.8. The number of carbonyl (C=O) groups excluding carboxylic acids is 1. The van der Waals surface area contributed by atoms with E-state index < -0.39 is 12.0 Å². The van der Waals surface area contributed by atoms with Crippen molar-refractivity contribution in [2.45, 2.75) is 26.8 Å². The first-order valence-electron chi connectivity index (χ1n) is 12.1. The molecule has 0 bridgehead atoms. The Morgan fingerprint density at radius 2 is 1.84 bits per heavy atom. The van der Waals surface area contributed by atoms with Gasteiger partial charge in [0, 0.05) is 19.8 Å². The summed E-state index contributed by atoms with van der Waals surface area (Å²) in [7, 11) is 5.51. The summed E-state index contributed by atoms with van der Waals surface area (Å²) in [4.78, 5) is 34.0. The van der Waals surface area contributed by atoms with Crippen LogP contribution in [-0.2, 0) is 9.53 Å². The van der Waals surface area contributed by atoms with Crippen molar-refractivity contribution in [1.82, 2.24) is 4.57 Å². The van der Waals surface area contributed by atoms with Crippen molar-refractivity contribution in [2.75, 3.05) is 39.3 Å². The molecule has 2 aromatic carbocycles. The number of aromatic nitrogens is 1. The van der Waals surface area contributed by atoms with E-state index in [4.69, 9.17) is 14.2 Å². The van der Waals surface area contributed by atoms with Gasteiger partial charge in [0.15, 0.2) is 16.3 Å². The van der Waals surface area contributed by atoms with Gasteiger partial charge in [-0.05, 0) is 62.2 Å². The molecule has 0 saturated carbocycles. The van der Waals surface area contributed by atoms with Gasteiger partial charge in [0.25, 0.3) is 5.56 Å². The molecule has 9 heteroatoms. The summed E-state index contributed by atoms with van der Waals surface area (Å²) < 4.78 is 18.5.